The molecule has 0 aliphatic carbocycles. The molecule has 2 aliphatic rings. The first-order valence-electron chi connectivity index (χ1n) is 9.85. The third kappa shape index (κ3) is 4.35. The van der Waals surface area contributed by atoms with E-state index in [9.17, 15) is 9.90 Å². The lowest BCUT2D eigenvalue weighted by Crippen LogP contribution is -2.37. The topological polar surface area (TPSA) is 65.0 Å². The van der Waals surface area contributed by atoms with Gasteiger partial charge < -0.3 is 20.1 Å². The maximum atomic E-state index is 12.6. The summed E-state index contributed by atoms with van der Waals surface area (Å²) in [7, 11) is 0. The number of hydrogen-bond donors (Lipinski definition) is 2. The third-order valence-corrected chi connectivity index (χ3v) is 5.56. The Balaban J connectivity index is 1.32. The highest BCUT2D eigenvalue weighted by Gasteiger charge is 2.39. The van der Waals surface area contributed by atoms with Crippen LogP contribution in [0.3, 0.4) is 0 Å². The van der Waals surface area contributed by atoms with Crippen molar-refractivity contribution in [2.24, 2.45) is 0 Å². The molecule has 2 fully saturated rings. The van der Waals surface area contributed by atoms with E-state index >= 15 is 0 Å². The Bertz CT molecular complexity index is 790. The van der Waals surface area contributed by atoms with Crippen LogP contribution in [0.1, 0.15) is 17.5 Å². The van der Waals surface area contributed by atoms with Gasteiger partial charge in [0.05, 0.1) is 19.8 Å². The second kappa shape index (κ2) is 8.31. The van der Waals surface area contributed by atoms with Crippen molar-refractivity contribution in [2.45, 2.75) is 18.6 Å². The fourth-order valence-corrected chi connectivity index (χ4v) is 3.86. The summed E-state index contributed by atoms with van der Waals surface area (Å²) in [5, 5.41) is 13.9. The quantitative estimate of drug-likeness (QED) is 0.855. The molecule has 148 valence electrons. The molecular formula is C22H27N3O3. The van der Waals surface area contributed by atoms with Gasteiger partial charge in [0, 0.05) is 31.9 Å². The Hall–Kier alpha value is -2.41. The summed E-state index contributed by atoms with van der Waals surface area (Å²) < 4.78 is 5.38. The molecule has 2 aromatic carbocycles. The number of nitrogens with one attached hydrogen (secondary N) is 1. The predicted octanol–water partition coefficient (Wildman–Crippen LogP) is 2.64. The van der Waals surface area contributed by atoms with Crippen LogP contribution in [0.2, 0.25) is 0 Å². The molecule has 2 N–H and O–H groups in total. The van der Waals surface area contributed by atoms with Gasteiger partial charge in [-0.1, -0.05) is 42.5 Å². The average Bonchev–Trinajstić information content (AvgIpc) is 3.15. The molecular weight excluding hydrogens is 354 g/mol. The minimum atomic E-state index is -0.972. The lowest BCUT2D eigenvalue weighted by Gasteiger charge is -2.26. The molecule has 2 amide bonds. The SMILES string of the molecule is O=C(Nc1ccc(CN2CCOCC2)cc1)N1CCC(O)(c2ccccc2)C1. The smallest absolute Gasteiger partial charge is 0.321 e. The zero-order chi connectivity index (χ0) is 19.4. The minimum Gasteiger partial charge on any atom is -0.383 e. The number of anilines is 1. The van der Waals surface area contributed by atoms with Gasteiger partial charge in [0.2, 0.25) is 0 Å². The largest absolute Gasteiger partial charge is 0.383 e. The number of β-amino-alcohol motifs (C(OH)–C–C–N with tert-alkyl or cyclic N) is 1. The van der Waals surface area contributed by atoms with E-state index in [2.05, 4.69) is 22.3 Å². The summed E-state index contributed by atoms with van der Waals surface area (Å²) in [4.78, 5) is 16.7. The molecule has 2 saturated heterocycles. The van der Waals surface area contributed by atoms with E-state index in [1.165, 1.54) is 5.56 Å². The highest BCUT2D eigenvalue weighted by atomic mass is 16.5. The summed E-state index contributed by atoms with van der Waals surface area (Å²) in [5.74, 6) is 0. The molecule has 4 rings (SSSR count). The number of rotatable bonds is 4. The van der Waals surface area contributed by atoms with Crippen LogP contribution in [0.15, 0.2) is 54.6 Å². The van der Waals surface area contributed by atoms with E-state index in [-0.39, 0.29) is 6.03 Å². The van der Waals surface area contributed by atoms with Crippen LogP contribution in [0.25, 0.3) is 0 Å². The van der Waals surface area contributed by atoms with Crippen molar-refractivity contribution in [3.8, 4) is 0 Å². The second-order valence-electron chi connectivity index (χ2n) is 7.58. The summed E-state index contributed by atoms with van der Waals surface area (Å²) >= 11 is 0. The molecule has 28 heavy (non-hydrogen) atoms. The Morgan fingerprint density at radius 1 is 1.04 bits per heavy atom. The van der Waals surface area contributed by atoms with E-state index in [4.69, 9.17) is 4.74 Å². The molecule has 2 aliphatic heterocycles. The first kappa shape index (κ1) is 18.9. The fraction of sp³-hybridized carbons (Fsp3) is 0.409. The number of morpholine rings is 1. The number of benzene rings is 2. The Morgan fingerprint density at radius 3 is 2.46 bits per heavy atom. The molecule has 1 atom stereocenters. The first-order valence-corrected chi connectivity index (χ1v) is 9.85. The molecule has 0 radical (unpaired) electrons. The first-order chi connectivity index (χ1) is 13.6. The lowest BCUT2D eigenvalue weighted by molar-refractivity contribution is 0.0342. The molecule has 6 heteroatoms. The predicted molar refractivity (Wildman–Crippen MR) is 108 cm³/mol. The maximum absolute atomic E-state index is 12.6. The van der Waals surface area contributed by atoms with Crippen molar-refractivity contribution < 1.29 is 14.6 Å². The van der Waals surface area contributed by atoms with Crippen molar-refractivity contribution in [1.29, 1.82) is 0 Å². The number of nitrogens with zero attached hydrogens (tertiary/aromatic N) is 2. The van der Waals surface area contributed by atoms with Gasteiger partial charge >= 0.3 is 6.03 Å². The highest BCUT2D eigenvalue weighted by Crippen LogP contribution is 2.32. The molecule has 0 saturated carbocycles. The van der Waals surface area contributed by atoms with Gasteiger partial charge in [-0.25, -0.2) is 4.79 Å². The number of likely N-dealkylation sites (tertiary alicyclic amines) is 1. The van der Waals surface area contributed by atoms with Crippen molar-refractivity contribution >= 4 is 11.7 Å². The third-order valence-electron chi connectivity index (χ3n) is 5.56. The monoisotopic (exact) mass is 381 g/mol. The summed E-state index contributed by atoms with van der Waals surface area (Å²) in [6.07, 6.45) is 0.545. The van der Waals surface area contributed by atoms with E-state index in [1.807, 2.05) is 42.5 Å². The number of amides is 2. The van der Waals surface area contributed by atoms with Crippen LogP contribution < -0.4 is 5.32 Å². The molecule has 2 heterocycles. The van der Waals surface area contributed by atoms with Crippen molar-refractivity contribution in [2.75, 3.05) is 44.7 Å². The standard InChI is InChI=1S/C22H27N3O3/c26-21(25-11-10-22(27,17-25)19-4-2-1-3-5-19)23-20-8-6-18(7-9-20)16-24-12-14-28-15-13-24/h1-9,27H,10-17H2,(H,23,26). The average molecular weight is 381 g/mol. The van der Waals surface area contributed by atoms with Crippen LogP contribution >= 0.6 is 0 Å². The highest BCUT2D eigenvalue weighted by molar-refractivity contribution is 5.89. The van der Waals surface area contributed by atoms with Crippen LogP contribution in [-0.2, 0) is 16.9 Å². The van der Waals surface area contributed by atoms with E-state index in [0.29, 0.717) is 19.5 Å². The number of ether oxygens (including phenoxy) is 1. The second-order valence-corrected chi connectivity index (χ2v) is 7.58. The number of urea groups is 1. The summed E-state index contributed by atoms with van der Waals surface area (Å²) in [6, 6.07) is 17.4. The normalized spacial score (nSPS) is 23.0. The van der Waals surface area contributed by atoms with Gasteiger partial charge in [-0.2, -0.15) is 0 Å². The minimum absolute atomic E-state index is 0.173. The molecule has 6 nitrogen and oxygen atoms in total. The molecule has 0 spiro atoms. The van der Waals surface area contributed by atoms with Crippen LogP contribution in [-0.4, -0.2) is 60.3 Å². The van der Waals surface area contributed by atoms with Gasteiger partial charge in [-0.3, -0.25) is 4.90 Å². The van der Waals surface area contributed by atoms with Gasteiger partial charge in [0.1, 0.15) is 5.60 Å². The van der Waals surface area contributed by atoms with Gasteiger partial charge in [-0.05, 0) is 29.7 Å². The van der Waals surface area contributed by atoms with Crippen molar-refractivity contribution in [1.82, 2.24) is 9.80 Å². The molecule has 2 aromatic rings. The van der Waals surface area contributed by atoms with Crippen LogP contribution in [0.5, 0.6) is 0 Å². The maximum Gasteiger partial charge on any atom is 0.321 e. The Morgan fingerprint density at radius 2 is 1.75 bits per heavy atom. The van der Waals surface area contributed by atoms with Gasteiger partial charge in [0.25, 0.3) is 0 Å². The zero-order valence-electron chi connectivity index (χ0n) is 16.0. The van der Waals surface area contributed by atoms with E-state index in [0.717, 1.165) is 44.1 Å². The molecule has 0 bridgehead atoms. The van der Waals surface area contributed by atoms with Gasteiger partial charge in [-0.15, -0.1) is 0 Å². The van der Waals surface area contributed by atoms with E-state index < -0.39 is 5.60 Å². The van der Waals surface area contributed by atoms with Gasteiger partial charge in [0.15, 0.2) is 0 Å². The molecule has 1 unspecified atom stereocenters. The number of aliphatic hydroxyl groups is 1. The van der Waals surface area contributed by atoms with Crippen molar-refractivity contribution in [3.05, 3.63) is 65.7 Å². The zero-order valence-corrected chi connectivity index (χ0v) is 16.0. The van der Waals surface area contributed by atoms with Crippen molar-refractivity contribution in [3.63, 3.8) is 0 Å². The lowest BCUT2D eigenvalue weighted by atomic mass is 9.93. The summed E-state index contributed by atoms with van der Waals surface area (Å²) in [6.45, 7) is 5.23. The van der Waals surface area contributed by atoms with E-state index in [1.54, 1.807) is 4.90 Å². The van der Waals surface area contributed by atoms with Crippen LogP contribution in [0, 0.1) is 0 Å². The number of carbonyl (C=O) groups is 1. The molecule has 0 aromatic heterocycles. The Kier molecular flexibility index (Phi) is 5.62. The number of hydrogen-bond acceptors (Lipinski definition) is 4. The summed E-state index contributed by atoms with van der Waals surface area (Å²) in [5.41, 5.74) is 1.88. The fourth-order valence-electron chi connectivity index (χ4n) is 3.86. The number of carbonyl (C=O) groups excluding carboxylic acids is 1. The Labute approximate surface area is 165 Å². The van der Waals surface area contributed by atoms with Crippen LogP contribution in [0.4, 0.5) is 10.5 Å².